The normalized spacial score (nSPS) is 25.1. The highest BCUT2D eigenvalue weighted by atomic mass is 16.2. The molecule has 2 amide bonds. The summed E-state index contributed by atoms with van der Waals surface area (Å²) in [5.74, 6) is 0.783. The van der Waals surface area contributed by atoms with Crippen LogP contribution in [0.2, 0.25) is 0 Å². The summed E-state index contributed by atoms with van der Waals surface area (Å²) in [6.45, 7) is 5.72. The number of carbonyl (C=O) groups is 1. The Morgan fingerprint density at radius 1 is 1.25 bits per heavy atom. The zero-order chi connectivity index (χ0) is 14.1. The van der Waals surface area contributed by atoms with Gasteiger partial charge in [-0.15, -0.1) is 0 Å². The minimum atomic E-state index is 0.0586. The average Bonchev–Trinajstić information content (AvgIpc) is 2.99. The second kappa shape index (κ2) is 5.26. The van der Waals surface area contributed by atoms with E-state index >= 15 is 0 Å². The van der Waals surface area contributed by atoms with E-state index in [9.17, 15) is 4.79 Å². The van der Waals surface area contributed by atoms with Crippen molar-refractivity contribution in [1.29, 1.82) is 0 Å². The van der Waals surface area contributed by atoms with Gasteiger partial charge in [0.25, 0.3) is 0 Å². The van der Waals surface area contributed by atoms with Gasteiger partial charge >= 0.3 is 6.03 Å². The zero-order valence-corrected chi connectivity index (χ0v) is 12.0. The Labute approximate surface area is 119 Å². The maximum Gasteiger partial charge on any atom is 0.317 e. The van der Waals surface area contributed by atoms with Gasteiger partial charge in [0.05, 0.1) is 12.1 Å². The average molecular weight is 275 g/mol. The Kier molecular flexibility index (Phi) is 3.46. The molecule has 1 aromatic heterocycles. The molecule has 3 heterocycles. The SMILES string of the molecule is CC(C)NC(=O)N1CC[C@@H]2[C@@H]1CCN2c1ncccn1. The van der Waals surface area contributed by atoms with Gasteiger partial charge in [-0.05, 0) is 32.8 Å². The fourth-order valence-electron chi connectivity index (χ4n) is 3.26. The summed E-state index contributed by atoms with van der Waals surface area (Å²) in [5.41, 5.74) is 0. The molecular formula is C14H21N5O. The largest absolute Gasteiger partial charge is 0.336 e. The number of aromatic nitrogens is 2. The second-order valence-electron chi connectivity index (χ2n) is 5.75. The lowest BCUT2D eigenvalue weighted by Gasteiger charge is -2.26. The van der Waals surface area contributed by atoms with Crippen LogP contribution >= 0.6 is 0 Å². The van der Waals surface area contributed by atoms with Crippen molar-refractivity contribution < 1.29 is 4.79 Å². The van der Waals surface area contributed by atoms with Gasteiger partial charge in [-0.2, -0.15) is 0 Å². The zero-order valence-electron chi connectivity index (χ0n) is 12.0. The molecule has 0 spiro atoms. The van der Waals surface area contributed by atoms with E-state index in [2.05, 4.69) is 20.2 Å². The number of carbonyl (C=O) groups excluding carboxylic acids is 1. The molecule has 0 bridgehead atoms. The van der Waals surface area contributed by atoms with Crippen molar-refractivity contribution >= 4 is 12.0 Å². The Hall–Kier alpha value is -1.85. The van der Waals surface area contributed by atoms with Gasteiger partial charge in [0.2, 0.25) is 5.95 Å². The molecule has 0 saturated carbocycles. The molecular weight excluding hydrogens is 254 g/mol. The molecule has 108 valence electrons. The highest BCUT2D eigenvalue weighted by Gasteiger charge is 2.45. The van der Waals surface area contributed by atoms with Crippen molar-refractivity contribution in [3.05, 3.63) is 18.5 Å². The van der Waals surface area contributed by atoms with Gasteiger partial charge in [-0.25, -0.2) is 14.8 Å². The first-order valence-electron chi connectivity index (χ1n) is 7.27. The van der Waals surface area contributed by atoms with Crippen molar-refractivity contribution in [2.24, 2.45) is 0 Å². The van der Waals surface area contributed by atoms with Gasteiger partial charge in [0.1, 0.15) is 0 Å². The van der Waals surface area contributed by atoms with Crippen LogP contribution in [-0.4, -0.2) is 52.1 Å². The van der Waals surface area contributed by atoms with Crippen LogP contribution in [0, 0.1) is 0 Å². The molecule has 2 fully saturated rings. The number of hydrogen-bond acceptors (Lipinski definition) is 4. The van der Waals surface area contributed by atoms with Gasteiger partial charge in [-0.3, -0.25) is 0 Å². The van der Waals surface area contributed by atoms with Crippen LogP contribution in [-0.2, 0) is 0 Å². The summed E-state index contributed by atoms with van der Waals surface area (Å²) in [5, 5.41) is 2.99. The van der Waals surface area contributed by atoms with E-state index in [0.717, 1.165) is 31.9 Å². The molecule has 3 rings (SSSR count). The summed E-state index contributed by atoms with van der Waals surface area (Å²) in [6, 6.07) is 2.71. The summed E-state index contributed by atoms with van der Waals surface area (Å²) in [4.78, 5) is 25.1. The second-order valence-corrected chi connectivity index (χ2v) is 5.75. The number of nitrogens with one attached hydrogen (secondary N) is 1. The lowest BCUT2D eigenvalue weighted by atomic mass is 10.1. The smallest absolute Gasteiger partial charge is 0.317 e. The highest BCUT2D eigenvalue weighted by molar-refractivity contribution is 5.75. The maximum atomic E-state index is 12.2. The predicted molar refractivity (Wildman–Crippen MR) is 76.6 cm³/mol. The van der Waals surface area contributed by atoms with Crippen LogP contribution in [0.5, 0.6) is 0 Å². The van der Waals surface area contributed by atoms with Crippen molar-refractivity contribution in [2.75, 3.05) is 18.0 Å². The van der Waals surface area contributed by atoms with E-state index in [-0.39, 0.29) is 18.1 Å². The van der Waals surface area contributed by atoms with Crippen LogP contribution < -0.4 is 10.2 Å². The fourth-order valence-corrected chi connectivity index (χ4v) is 3.26. The first-order valence-corrected chi connectivity index (χ1v) is 7.27. The summed E-state index contributed by atoms with van der Waals surface area (Å²) < 4.78 is 0. The Morgan fingerprint density at radius 2 is 1.95 bits per heavy atom. The molecule has 1 N–H and O–H groups in total. The summed E-state index contributed by atoms with van der Waals surface area (Å²) >= 11 is 0. The van der Waals surface area contributed by atoms with Crippen LogP contribution in [0.3, 0.4) is 0 Å². The maximum absolute atomic E-state index is 12.2. The molecule has 2 atom stereocenters. The van der Waals surface area contributed by atoms with E-state index in [4.69, 9.17) is 0 Å². The minimum Gasteiger partial charge on any atom is -0.336 e. The monoisotopic (exact) mass is 275 g/mol. The molecule has 2 aliphatic rings. The first kappa shape index (κ1) is 13.1. The summed E-state index contributed by atoms with van der Waals surface area (Å²) in [6.07, 6.45) is 5.53. The third kappa shape index (κ3) is 2.30. The van der Waals surface area contributed by atoms with Gasteiger partial charge < -0.3 is 15.1 Å². The number of amides is 2. The number of fused-ring (bicyclic) bond motifs is 1. The van der Waals surface area contributed by atoms with Gasteiger partial charge in [-0.1, -0.05) is 0 Å². The van der Waals surface area contributed by atoms with Gasteiger partial charge in [0.15, 0.2) is 0 Å². The topological polar surface area (TPSA) is 61.4 Å². The van der Waals surface area contributed by atoms with E-state index in [1.165, 1.54) is 0 Å². The van der Waals surface area contributed by atoms with Crippen molar-refractivity contribution in [2.45, 2.75) is 44.8 Å². The lowest BCUT2D eigenvalue weighted by Crippen LogP contribution is -2.46. The molecule has 6 nitrogen and oxygen atoms in total. The van der Waals surface area contributed by atoms with E-state index in [0.29, 0.717) is 6.04 Å². The molecule has 2 saturated heterocycles. The Balaban J connectivity index is 1.71. The number of rotatable bonds is 2. The molecule has 20 heavy (non-hydrogen) atoms. The fraction of sp³-hybridized carbons (Fsp3) is 0.643. The third-order valence-electron chi connectivity index (χ3n) is 4.06. The van der Waals surface area contributed by atoms with E-state index < -0.39 is 0 Å². The first-order chi connectivity index (χ1) is 9.66. The van der Waals surface area contributed by atoms with Gasteiger partial charge in [0, 0.05) is 31.5 Å². The third-order valence-corrected chi connectivity index (χ3v) is 4.06. The van der Waals surface area contributed by atoms with Crippen molar-refractivity contribution in [1.82, 2.24) is 20.2 Å². The molecule has 0 radical (unpaired) electrons. The van der Waals surface area contributed by atoms with Crippen LogP contribution in [0.25, 0.3) is 0 Å². The Bertz CT molecular complexity index is 478. The van der Waals surface area contributed by atoms with E-state index in [1.54, 1.807) is 12.4 Å². The number of hydrogen-bond donors (Lipinski definition) is 1. The van der Waals surface area contributed by atoms with E-state index in [1.807, 2.05) is 24.8 Å². The molecule has 0 aliphatic carbocycles. The molecule has 1 aromatic rings. The van der Waals surface area contributed by atoms with Crippen molar-refractivity contribution in [3.63, 3.8) is 0 Å². The lowest BCUT2D eigenvalue weighted by molar-refractivity contribution is 0.190. The van der Waals surface area contributed by atoms with Crippen LogP contribution in [0.15, 0.2) is 18.5 Å². The predicted octanol–water partition coefficient (Wildman–Crippen LogP) is 1.25. The van der Waals surface area contributed by atoms with Crippen LogP contribution in [0.4, 0.5) is 10.7 Å². The summed E-state index contributed by atoms with van der Waals surface area (Å²) in [7, 11) is 0. The molecule has 2 aliphatic heterocycles. The minimum absolute atomic E-state index is 0.0586. The number of nitrogens with zero attached hydrogens (tertiary/aromatic N) is 4. The molecule has 0 unspecified atom stereocenters. The quantitative estimate of drug-likeness (QED) is 0.882. The van der Waals surface area contributed by atoms with Crippen LogP contribution in [0.1, 0.15) is 26.7 Å². The number of urea groups is 1. The molecule has 0 aromatic carbocycles. The number of anilines is 1. The highest BCUT2D eigenvalue weighted by Crippen LogP contribution is 2.33. The van der Waals surface area contributed by atoms with Crippen molar-refractivity contribution in [3.8, 4) is 0 Å². The number of likely N-dealkylation sites (tertiary alicyclic amines) is 1. The molecule has 6 heteroatoms. The standard InChI is InChI=1S/C14H21N5O/c1-10(2)17-14(20)19-9-5-11-12(19)4-8-18(11)13-15-6-3-7-16-13/h3,6-7,10-12H,4-5,8-9H2,1-2H3,(H,17,20)/t11-,12+/m1/s1. The Morgan fingerprint density at radius 3 is 2.65 bits per heavy atom.